The number of thioether (sulfide) groups is 1. The van der Waals surface area contributed by atoms with E-state index in [1.54, 1.807) is 11.8 Å². The molecule has 0 aromatic heterocycles. The molecular formula is C12H15FN2O4S2. The molecule has 1 fully saturated rings. The Hall–Kier alpha value is -1.19. The molecule has 1 aliphatic rings. The van der Waals surface area contributed by atoms with Gasteiger partial charge in [0.05, 0.1) is 9.82 Å². The van der Waals surface area contributed by atoms with Gasteiger partial charge in [-0.1, -0.05) is 0 Å². The van der Waals surface area contributed by atoms with Gasteiger partial charge in [-0.3, -0.25) is 10.1 Å². The molecular weight excluding hydrogens is 319 g/mol. The summed E-state index contributed by atoms with van der Waals surface area (Å²) in [6.07, 6.45) is 0.940. The third-order valence-corrected chi connectivity index (χ3v) is 6.11. The fraction of sp³-hybridized carbons (Fsp3) is 0.500. The van der Waals surface area contributed by atoms with Crippen molar-refractivity contribution in [2.24, 2.45) is 5.92 Å². The molecule has 1 aromatic rings. The molecule has 1 unspecified atom stereocenters. The Balaban J connectivity index is 2.26. The zero-order chi connectivity index (χ0) is 15.6. The summed E-state index contributed by atoms with van der Waals surface area (Å²) in [6.45, 7) is 1.70. The van der Waals surface area contributed by atoms with E-state index in [0.29, 0.717) is 6.54 Å². The van der Waals surface area contributed by atoms with E-state index in [0.717, 1.165) is 30.1 Å². The molecule has 116 valence electrons. The summed E-state index contributed by atoms with van der Waals surface area (Å²) in [5, 5.41) is 10.7. The molecule has 1 N–H and O–H groups in total. The first-order valence-corrected chi connectivity index (χ1v) is 8.97. The second kappa shape index (κ2) is 6.29. The van der Waals surface area contributed by atoms with Gasteiger partial charge in [-0.2, -0.15) is 16.2 Å². The van der Waals surface area contributed by atoms with E-state index in [1.165, 1.54) is 6.92 Å². The lowest BCUT2D eigenvalue weighted by molar-refractivity contribution is -0.387. The van der Waals surface area contributed by atoms with Crippen molar-refractivity contribution in [2.75, 3.05) is 18.1 Å². The zero-order valence-electron chi connectivity index (χ0n) is 11.3. The van der Waals surface area contributed by atoms with Gasteiger partial charge in [-0.05, 0) is 42.4 Å². The number of nitrogens with one attached hydrogen (secondary N) is 1. The number of hydrogen-bond donors (Lipinski definition) is 1. The number of hydrogen-bond acceptors (Lipinski definition) is 5. The maximum atomic E-state index is 13.4. The van der Waals surface area contributed by atoms with Crippen LogP contribution in [0.2, 0.25) is 0 Å². The van der Waals surface area contributed by atoms with Crippen molar-refractivity contribution in [3.05, 3.63) is 33.6 Å². The Kier molecular flexibility index (Phi) is 4.84. The maximum Gasteiger partial charge on any atom is 0.306 e. The van der Waals surface area contributed by atoms with E-state index >= 15 is 0 Å². The molecule has 0 bridgehead atoms. The lowest BCUT2D eigenvalue weighted by Crippen LogP contribution is -2.30. The molecule has 6 nitrogen and oxygen atoms in total. The molecule has 0 aliphatic carbocycles. The predicted octanol–water partition coefficient (Wildman–Crippen LogP) is 2.07. The van der Waals surface area contributed by atoms with Crippen molar-refractivity contribution < 1.29 is 17.7 Å². The number of benzene rings is 1. The number of nitro benzene ring substituents is 1. The topological polar surface area (TPSA) is 89.3 Å². The minimum atomic E-state index is -3.88. The van der Waals surface area contributed by atoms with Crippen LogP contribution in [0.25, 0.3) is 0 Å². The van der Waals surface area contributed by atoms with Crippen LogP contribution in [0, 0.1) is 28.8 Å². The highest BCUT2D eigenvalue weighted by atomic mass is 32.2. The Labute approximate surface area is 126 Å². The standard InChI is InChI=1S/C12H15FN2O4S2/c1-8-4-10(13)11(15(16)17)5-12(8)21(18,19)14-6-9-2-3-20-7-9/h4-5,9,14H,2-3,6-7H2,1H3. The molecule has 0 saturated carbocycles. The van der Waals surface area contributed by atoms with E-state index in [4.69, 9.17) is 0 Å². The van der Waals surface area contributed by atoms with Crippen LogP contribution in [0.5, 0.6) is 0 Å². The minimum absolute atomic E-state index is 0.145. The van der Waals surface area contributed by atoms with Crippen LogP contribution in [-0.4, -0.2) is 31.4 Å². The zero-order valence-corrected chi connectivity index (χ0v) is 13.0. The third-order valence-electron chi connectivity index (χ3n) is 3.32. The molecule has 1 heterocycles. The Morgan fingerprint density at radius 3 is 2.81 bits per heavy atom. The van der Waals surface area contributed by atoms with Crippen LogP contribution in [0.1, 0.15) is 12.0 Å². The van der Waals surface area contributed by atoms with E-state index in [9.17, 15) is 22.9 Å². The average molecular weight is 334 g/mol. The van der Waals surface area contributed by atoms with Crippen LogP contribution < -0.4 is 4.72 Å². The van der Waals surface area contributed by atoms with Crippen molar-refractivity contribution in [1.82, 2.24) is 4.72 Å². The van der Waals surface area contributed by atoms with Crippen LogP contribution in [0.3, 0.4) is 0 Å². The molecule has 21 heavy (non-hydrogen) atoms. The molecule has 9 heteroatoms. The summed E-state index contributed by atoms with van der Waals surface area (Å²) < 4.78 is 40.4. The minimum Gasteiger partial charge on any atom is -0.258 e. The lowest BCUT2D eigenvalue weighted by atomic mass is 10.1. The third kappa shape index (κ3) is 3.72. The molecule has 1 saturated heterocycles. The quantitative estimate of drug-likeness (QED) is 0.658. The number of aryl methyl sites for hydroxylation is 1. The summed E-state index contributed by atoms with van der Waals surface area (Å²) in [5.41, 5.74) is -0.691. The summed E-state index contributed by atoms with van der Waals surface area (Å²) >= 11 is 1.77. The molecule has 0 spiro atoms. The molecule has 1 aliphatic heterocycles. The first-order valence-electron chi connectivity index (χ1n) is 6.33. The Bertz CT molecular complexity index is 657. The fourth-order valence-electron chi connectivity index (χ4n) is 2.12. The van der Waals surface area contributed by atoms with Gasteiger partial charge in [0.25, 0.3) is 0 Å². The highest BCUT2D eigenvalue weighted by Crippen LogP contribution is 2.26. The predicted molar refractivity (Wildman–Crippen MR) is 78.4 cm³/mol. The summed E-state index contributed by atoms with van der Waals surface area (Å²) in [5.74, 6) is 1.13. The Morgan fingerprint density at radius 2 is 2.24 bits per heavy atom. The number of nitro groups is 1. The van der Waals surface area contributed by atoms with Crippen LogP contribution in [0.15, 0.2) is 17.0 Å². The van der Waals surface area contributed by atoms with Crippen LogP contribution >= 0.6 is 11.8 Å². The van der Waals surface area contributed by atoms with Crippen LogP contribution in [-0.2, 0) is 10.0 Å². The number of sulfonamides is 1. The van der Waals surface area contributed by atoms with Gasteiger partial charge in [-0.25, -0.2) is 13.1 Å². The molecule has 0 amide bonds. The molecule has 2 rings (SSSR count). The van der Waals surface area contributed by atoms with E-state index < -0.39 is 26.5 Å². The van der Waals surface area contributed by atoms with Gasteiger partial charge < -0.3 is 0 Å². The average Bonchev–Trinajstić information content (AvgIpc) is 2.88. The normalized spacial score (nSPS) is 18.9. The fourth-order valence-corrected chi connectivity index (χ4v) is 4.77. The van der Waals surface area contributed by atoms with Gasteiger partial charge >= 0.3 is 5.69 Å². The summed E-state index contributed by atoms with van der Waals surface area (Å²) in [4.78, 5) is 9.55. The molecule has 1 aromatic carbocycles. The number of nitrogens with zero attached hydrogens (tertiary/aromatic N) is 1. The maximum absolute atomic E-state index is 13.4. The molecule has 0 radical (unpaired) electrons. The van der Waals surface area contributed by atoms with Crippen molar-refractivity contribution >= 4 is 27.5 Å². The largest absolute Gasteiger partial charge is 0.306 e. The number of halogens is 1. The highest BCUT2D eigenvalue weighted by Gasteiger charge is 2.25. The molecule has 1 atom stereocenters. The first-order chi connectivity index (χ1) is 9.81. The van der Waals surface area contributed by atoms with Gasteiger partial charge in [0, 0.05) is 12.6 Å². The van der Waals surface area contributed by atoms with E-state index in [2.05, 4.69) is 4.72 Å². The van der Waals surface area contributed by atoms with Gasteiger partial charge in [0.15, 0.2) is 0 Å². The SMILES string of the molecule is Cc1cc(F)c([N+](=O)[O-])cc1S(=O)(=O)NCC1CCSC1. The summed E-state index contributed by atoms with van der Waals surface area (Å²) in [7, 11) is -3.88. The number of rotatable bonds is 5. The first kappa shape index (κ1) is 16.2. The van der Waals surface area contributed by atoms with Gasteiger partial charge in [0.1, 0.15) is 0 Å². The second-order valence-electron chi connectivity index (χ2n) is 4.91. The van der Waals surface area contributed by atoms with Gasteiger partial charge in [-0.15, -0.1) is 0 Å². The van der Waals surface area contributed by atoms with Crippen molar-refractivity contribution in [3.63, 3.8) is 0 Å². The van der Waals surface area contributed by atoms with Crippen molar-refractivity contribution in [3.8, 4) is 0 Å². The smallest absolute Gasteiger partial charge is 0.258 e. The van der Waals surface area contributed by atoms with E-state index in [-0.39, 0.29) is 16.4 Å². The van der Waals surface area contributed by atoms with E-state index in [1.807, 2.05) is 0 Å². The van der Waals surface area contributed by atoms with Gasteiger partial charge in [0.2, 0.25) is 15.8 Å². The Morgan fingerprint density at radius 1 is 1.52 bits per heavy atom. The lowest BCUT2D eigenvalue weighted by Gasteiger charge is -2.12. The second-order valence-corrected chi connectivity index (χ2v) is 7.79. The van der Waals surface area contributed by atoms with Crippen molar-refractivity contribution in [2.45, 2.75) is 18.2 Å². The van der Waals surface area contributed by atoms with Crippen molar-refractivity contribution in [1.29, 1.82) is 0 Å². The van der Waals surface area contributed by atoms with Crippen LogP contribution in [0.4, 0.5) is 10.1 Å². The highest BCUT2D eigenvalue weighted by molar-refractivity contribution is 7.99. The summed E-state index contributed by atoms with van der Waals surface area (Å²) in [6, 6.07) is 1.65. The monoisotopic (exact) mass is 334 g/mol.